The minimum atomic E-state index is -0.467. The third kappa shape index (κ3) is 4.58. The van der Waals surface area contributed by atoms with Gasteiger partial charge < -0.3 is 14.7 Å². The number of hydrogen-bond donors (Lipinski definition) is 1. The fourth-order valence-electron chi connectivity index (χ4n) is 2.73. The Morgan fingerprint density at radius 3 is 2.18 bits per heavy atom. The summed E-state index contributed by atoms with van der Waals surface area (Å²) in [5.41, 5.74) is 2.19. The van der Waals surface area contributed by atoms with Crippen molar-refractivity contribution in [3.05, 3.63) is 65.7 Å². The van der Waals surface area contributed by atoms with Crippen molar-refractivity contribution in [1.29, 1.82) is 0 Å². The van der Waals surface area contributed by atoms with Gasteiger partial charge in [-0.2, -0.15) is 0 Å². The van der Waals surface area contributed by atoms with Crippen LogP contribution in [0.3, 0.4) is 0 Å². The maximum absolute atomic E-state index is 10.7. The molecule has 2 atom stereocenters. The van der Waals surface area contributed by atoms with E-state index in [1.165, 1.54) is 5.56 Å². The Hall–Kier alpha value is -1.84. The summed E-state index contributed by atoms with van der Waals surface area (Å²) in [4.78, 5) is 2.13. The summed E-state index contributed by atoms with van der Waals surface area (Å²) in [5, 5.41) is 10.7. The topological polar surface area (TPSA) is 32.7 Å². The van der Waals surface area contributed by atoms with E-state index >= 15 is 0 Å². The Morgan fingerprint density at radius 2 is 1.64 bits per heavy atom. The van der Waals surface area contributed by atoms with Crippen molar-refractivity contribution in [1.82, 2.24) is 4.90 Å². The lowest BCUT2D eigenvalue weighted by molar-refractivity contribution is 0.0902. The van der Waals surface area contributed by atoms with Crippen LogP contribution in [0.25, 0.3) is 0 Å². The highest BCUT2D eigenvalue weighted by molar-refractivity contribution is 5.28. The SMILES string of the molecule is COc1ccc(C[C@H](CN(C)C)[C@@H](O)c2ccccc2)cc1. The molecule has 0 amide bonds. The van der Waals surface area contributed by atoms with Crippen LogP contribution in [0.15, 0.2) is 54.6 Å². The predicted molar refractivity (Wildman–Crippen MR) is 90.1 cm³/mol. The number of aliphatic hydroxyl groups excluding tert-OH is 1. The number of benzene rings is 2. The maximum atomic E-state index is 10.7. The van der Waals surface area contributed by atoms with Crippen LogP contribution in [0.1, 0.15) is 17.2 Å². The van der Waals surface area contributed by atoms with Crippen LogP contribution in [0, 0.1) is 5.92 Å². The van der Waals surface area contributed by atoms with E-state index in [0.29, 0.717) is 0 Å². The van der Waals surface area contributed by atoms with E-state index in [1.807, 2.05) is 56.6 Å². The summed E-state index contributed by atoms with van der Waals surface area (Å²) in [6.07, 6.45) is 0.365. The van der Waals surface area contributed by atoms with Crippen LogP contribution in [-0.2, 0) is 6.42 Å². The fourth-order valence-corrected chi connectivity index (χ4v) is 2.73. The molecule has 0 spiro atoms. The number of nitrogens with zero attached hydrogens (tertiary/aromatic N) is 1. The highest BCUT2D eigenvalue weighted by atomic mass is 16.5. The third-order valence-electron chi connectivity index (χ3n) is 3.84. The summed E-state index contributed by atoms with van der Waals surface area (Å²) in [7, 11) is 5.75. The summed E-state index contributed by atoms with van der Waals surface area (Å²) >= 11 is 0. The number of hydrogen-bond acceptors (Lipinski definition) is 3. The molecular weight excluding hydrogens is 274 g/mol. The summed E-state index contributed by atoms with van der Waals surface area (Å²) in [6.45, 7) is 0.835. The molecule has 3 nitrogen and oxygen atoms in total. The molecule has 118 valence electrons. The molecule has 0 aliphatic heterocycles. The Morgan fingerprint density at radius 1 is 1.00 bits per heavy atom. The molecule has 2 aromatic rings. The van der Waals surface area contributed by atoms with E-state index in [4.69, 9.17) is 4.74 Å². The average Bonchev–Trinajstić information content (AvgIpc) is 2.54. The first-order valence-electron chi connectivity index (χ1n) is 7.61. The van der Waals surface area contributed by atoms with Gasteiger partial charge in [0.15, 0.2) is 0 Å². The Balaban J connectivity index is 2.14. The summed E-state index contributed by atoms with van der Waals surface area (Å²) in [6, 6.07) is 18.0. The lowest BCUT2D eigenvalue weighted by Gasteiger charge is -2.26. The van der Waals surface area contributed by atoms with Gasteiger partial charge in [0, 0.05) is 12.5 Å². The molecule has 0 saturated carbocycles. The van der Waals surface area contributed by atoms with Crippen molar-refractivity contribution in [2.24, 2.45) is 5.92 Å². The van der Waals surface area contributed by atoms with Crippen molar-refractivity contribution in [2.45, 2.75) is 12.5 Å². The first-order chi connectivity index (χ1) is 10.6. The van der Waals surface area contributed by atoms with Gasteiger partial charge >= 0.3 is 0 Å². The Labute approximate surface area is 133 Å². The zero-order valence-corrected chi connectivity index (χ0v) is 13.6. The molecular formula is C19H25NO2. The van der Waals surface area contributed by atoms with Gasteiger partial charge in [-0.15, -0.1) is 0 Å². The second-order valence-electron chi connectivity index (χ2n) is 5.93. The van der Waals surface area contributed by atoms with Crippen molar-refractivity contribution < 1.29 is 9.84 Å². The van der Waals surface area contributed by atoms with E-state index in [9.17, 15) is 5.11 Å². The van der Waals surface area contributed by atoms with Crippen LogP contribution in [0.5, 0.6) is 5.75 Å². The van der Waals surface area contributed by atoms with E-state index in [2.05, 4.69) is 17.0 Å². The van der Waals surface area contributed by atoms with Gasteiger partial charge in [-0.05, 0) is 43.8 Å². The zero-order valence-electron chi connectivity index (χ0n) is 13.6. The number of rotatable bonds is 7. The first-order valence-corrected chi connectivity index (χ1v) is 7.61. The van der Waals surface area contributed by atoms with E-state index < -0.39 is 6.10 Å². The van der Waals surface area contributed by atoms with E-state index in [0.717, 1.165) is 24.3 Å². The number of methoxy groups -OCH3 is 1. The molecule has 0 radical (unpaired) electrons. The van der Waals surface area contributed by atoms with E-state index in [-0.39, 0.29) is 5.92 Å². The monoisotopic (exact) mass is 299 g/mol. The zero-order chi connectivity index (χ0) is 15.9. The van der Waals surface area contributed by atoms with Crippen LogP contribution >= 0.6 is 0 Å². The lowest BCUT2D eigenvalue weighted by atomic mass is 9.89. The molecule has 0 aromatic heterocycles. The van der Waals surface area contributed by atoms with Crippen molar-refractivity contribution in [2.75, 3.05) is 27.7 Å². The van der Waals surface area contributed by atoms with E-state index in [1.54, 1.807) is 7.11 Å². The molecule has 0 unspecified atom stereocenters. The molecule has 0 bridgehead atoms. The molecule has 0 aliphatic rings. The highest BCUT2D eigenvalue weighted by Gasteiger charge is 2.22. The van der Waals surface area contributed by atoms with Gasteiger partial charge in [0.05, 0.1) is 13.2 Å². The second-order valence-corrected chi connectivity index (χ2v) is 5.93. The minimum absolute atomic E-state index is 0.144. The maximum Gasteiger partial charge on any atom is 0.118 e. The smallest absolute Gasteiger partial charge is 0.118 e. The Bertz CT molecular complexity index is 551. The Kier molecular flexibility index (Phi) is 5.99. The molecule has 2 aromatic carbocycles. The van der Waals surface area contributed by atoms with Crippen LogP contribution in [-0.4, -0.2) is 37.8 Å². The largest absolute Gasteiger partial charge is 0.497 e. The lowest BCUT2D eigenvalue weighted by Crippen LogP contribution is -2.28. The van der Waals surface area contributed by atoms with Crippen molar-refractivity contribution in [3.63, 3.8) is 0 Å². The second kappa shape index (κ2) is 7.97. The highest BCUT2D eigenvalue weighted by Crippen LogP contribution is 2.26. The van der Waals surface area contributed by atoms with Crippen LogP contribution in [0.2, 0.25) is 0 Å². The molecule has 0 heterocycles. The quantitative estimate of drug-likeness (QED) is 0.852. The molecule has 2 rings (SSSR count). The van der Waals surface area contributed by atoms with Crippen LogP contribution < -0.4 is 4.74 Å². The van der Waals surface area contributed by atoms with Gasteiger partial charge in [0.1, 0.15) is 5.75 Å². The van der Waals surface area contributed by atoms with Crippen LogP contribution in [0.4, 0.5) is 0 Å². The van der Waals surface area contributed by atoms with Gasteiger partial charge in [-0.1, -0.05) is 42.5 Å². The first kappa shape index (κ1) is 16.5. The molecule has 22 heavy (non-hydrogen) atoms. The molecule has 0 fully saturated rings. The number of ether oxygens (including phenoxy) is 1. The normalized spacial score (nSPS) is 13.9. The summed E-state index contributed by atoms with van der Waals surface area (Å²) < 4.78 is 5.20. The van der Waals surface area contributed by atoms with Gasteiger partial charge in [0.2, 0.25) is 0 Å². The molecule has 0 saturated heterocycles. The average molecular weight is 299 g/mol. The van der Waals surface area contributed by atoms with Crippen molar-refractivity contribution >= 4 is 0 Å². The molecule has 1 N–H and O–H groups in total. The standard InChI is InChI=1S/C19H25NO2/c1-20(2)14-17(19(21)16-7-5-4-6-8-16)13-15-9-11-18(22-3)12-10-15/h4-12,17,19,21H,13-14H2,1-3H3/t17-,19+/m1/s1. The van der Waals surface area contributed by atoms with Gasteiger partial charge in [-0.25, -0.2) is 0 Å². The number of aliphatic hydroxyl groups is 1. The molecule has 0 aliphatic carbocycles. The van der Waals surface area contributed by atoms with Gasteiger partial charge in [0.25, 0.3) is 0 Å². The summed E-state index contributed by atoms with van der Waals surface area (Å²) in [5.74, 6) is 1.00. The molecule has 3 heteroatoms. The predicted octanol–water partition coefficient (Wildman–Crippen LogP) is 3.15. The minimum Gasteiger partial charge on any atom is -0.497 e. The van der Waals surface area contributed by atoms with Gasteiger partial charge in [-0.3, -0.25) is 0 Å². The fraction of sp³-hybridized carbons (Fsp3) is 0.368. The van der Waals surface area contributed by atoms with Crippen molar-refractivity contribution in [3.8, 4) is 5.75 Å². The third-order valence-corrected chi connectivity index (χ3v) is 3.84.